The van der Waals surface area contributed by atoms with Gasteiger partial charge in [-0.2, -0.15) is 0 Å². The van der Waals surface area contributed by atoms with Gasteiger partial charge in [0, 0.05) is 0 Å². The number of benzene rings is 4. The number of rotatable bonds is 3. The summed E-state index contributed by atoms with van der Waals surface area (Å²) in [7, 11) is 0. The summed E-state index contributed by atoms with van der Waals surface area (Å²) in [6.45, 7) is 0. The van der Waals surface area contributed by atoms with E-state index >= 15 is 0 Å². The van der Waals surface area contributed by atoms with Gasteiger partial charge in [0.25, 0.3) is 10.1 Å². The lowest BCUT2D eigenvalue weighted by Crippen LogP contribution is -1.77. The first-order valence-corrected chi connectivity index (χ1v) is 12.0. The van der Waals surface area contributed by atoms with Crippen molar-refractivity contribution < 1.29 is 8.83 Å². The fourth-order valence-electron chi connectivity index (χ4n) is 3.57. The Kier molecular flexibility index (Phi) is 6.11. The molecule has 0 saturated heterocycles. The Morgan fingerprint density at radius 2 is 1.30 bits per heavy atom. The van der Waals surface area contributed by atoms with Crippen LogP contribution in [0.1, 0.15) is 0 Å². The molecule has 0 radical (unpaired) electrons. The van der Waals surface area contributed by atoms with Crippen molar-refractivity contribution in [3.8, 4) is 22.3 Å². The van der Waals surface area contributed by atoms with E-state index in [4.69, 9.17) is 21.1 Å². The SMILES string of the molecule is CSc1nc2cc(-c3ccccc3)ccc2o1.S=c1[nH]c2cc(-c3ccccc3)ccc2o1. The standard InChI is InChI=1S/C14H11NOS.C13H9NOS/c1-17-14-15-12-9-11(7-8-13(12)16-14)10-5-3-2-4-6-10;16-13-14-11-8-10(6-7-12(11)15-13)9-4-2-1-3-5-9/h2-9H,1H3;1-8H,(H,14,16). The lowest BCUT2D eigenvalue weighted by molar-refractivity contribution is 0.490. The molecule has 1 N–H and O–H groups in total. The topological polar surface area (TPSA) is 55.0 Å². The molecule has 162 valence electrons. The average molecular weight is 469 g/mol. The monoisotopic (exact) mass is 468 g/mol. The summed E-state index contributed by atoms with van der Waals surface area (Å²) in [5, 5.41) is 0.713. The molecule has 0 unspecified atom stereocenters. The van der Waals surface area contributed by atoms with Crippen LogP contribution in [0.4, 0.5) is 0 Å². The third-order valence-corrected chi connectivity index (χ3v) is 5.89. The van der Waals surface area contributed by atoms with Gasteiger partial charge in [0.1, 0.15) is 5.52 Å². The molecule has 6 rings (SSSR count). The van der Waals surface area contributed by atoms with Gasteiger partial charge in [-0.1, -0.05) is 84.6 Å². The van der Waals surface area contributed by atoms with Crippen LogP contribution in [0, 0.1) is 4.84 Å². The molecule has 0 atom stereocenters. The summed E-state index contributed by atoms with van der Waals surface area (Å²) < 4.78 is 10.9. The average Bonchev–Trinajstić information content (AvgIpc) is 3.46. The predicted molar refractivity (Wildman–Crippen MR) is 138 cm³/mol. The number of hydrogen-bond acceptors (Lipinski definition) is 5. The van der Waals surface area contributed by atoms with Gasteiger partial charge in [-0.15, -0.1) is 0 Å². The van der Waals surface area contributed by atoms with E-state index in [-0.39, 0.29) is 0 Å². The number of nitrogens with zero attached hydrogens (tertiary/aromatic N) is 1. The number of fused-ring (bicyclic) bond motifs is 2. The molecular formula is C27H20N2O2S2. The fraction of sp³-hybridized carbons (Fsp3) is 0.0370. The third-order valence-electron chi connectivity index (χ3n) is 5.18. The van der Waals surface area contributed by atoms with Crippen LogP contribution in [0.2, 0.25) is 0 Å². The molecule has 0 bridgehead atoms. The maximum absolute atomic E-state index is 5.56. The van der Waals surface area contributed by atoms with Crippen LogP contribution in [-0.2, 0) is 0 Å². The Morgan fingerprint density at radius 1 is 0.697 bits per heavy atom. The zero-order valence-corrected chi connectivity index (χ0v) is 19.5. The second kappa shape index (κ2) is 9.48. The van der Waals surface area contributed by atoms with E-state index in [0.29, 0.717) is 10.1 Å². The van der Waals surface area contributed by atoms with Crippen molar-refractivity contribution in [2.45, 2.75) is 5.22 Å². The van der Waals surface area contributed by atoms with E-state index in [9.17, 15) is 0 Å². The number of thioether (sulfide) groups is 1. The van der Waals surface area contributed by atoms with Crippen LogP contribution < -0.4 is 0 Å². The summed E-state index contributed by atoms with van der Waals surface area (Å²) in [6, 6.07) is 32.6. The minimum atomic E-state index is 0.417. The molecule has 0 aliphatic rings. The summed E-state index contributed by atoms with van der Waals surface area (Å²) in [4.78, 5) is 7.85. The van der Waals surface area contributed by atoms with E-state index in [1.54, 1.807) is 0 Å². The van der Waals surface area contributed by atoms with Gasteiger partial charge >= 0.3 is 0 Å². The third kappa shape index (κ3) is 4.77. The van der Waals surface area contributed by atoms with Gasteiger partial charge in [-0.05, 0) is 65.0 Å². The first-order chi connectivity index (χ1) is 16.2. The molecule has 2 heterocycles. The van der Waals surface area contributed by atoms with Crippen LogP contribution in [-0.4, -0.2) is 16.2 Å². The van der Waals surface area contributed by atoms with Crippen LogP contribution in [0.25, 0.3) is 44.5 Å². The lowest BCUT2D eigenvalue weighted by Gasteiger charge is -2.00. The number of hydrogen-bond donors (Lipinski definition) is 1. The minimum Gasteiger partial charge on any atom is -0.431 e. The van der Waals surface area contributed by atoms with Gasteiger partial charge in [0.15, 0.2) is 11.2 Å². The molecule has 4 nitrogen and oxygen atoms in total. The van der Waals surface area contributed by atoms with Crippen molar-refractivity contribution in [1.82, 2.24) is 9.97 Å². The highest BCUT2D eigenvalue weighted by atomic mass is 32.2. The number of aromatic nitrogens is 2. The van der Waals surface area contributed by atoms with Crippen molar-refractivity contribution >= 4 is 46.2 Å². The Balaban J connectivity index is 0.000000139. The van der Waals surface area contributed by atoms with E-state index in [0.717, 1.165) is 27.8 Å². The van der Waals surface area contributed by atoms with Gasteiger partial charge in [0.2, 0.25) is 0 Å². The molecule has 0 aliphatic heterocycles. The van der Waals surface area contributed by atoms with Gasteiger partial charge in [0.05, 0.1) is 5.52 Å². The highest BCUT2D eigenvalue weighted by molar-refractivity contribution is 7.98. The van der Waals surface area contributed by atoms with Gasteiger partial charge in [-0.25, -0.2) is 4.98 Å². The molecular weight excluding hydrogens is 448 g/mol. The second-order valence-corrected chi connectivity index (χ2v) is 8.45. The van der Waals surface area contributed by atoms with E-state index in [1.165, 1.54) is 28.5 Å². The molecule has 6 aromatic rings. The highest BCUT2D eigenvalue weighted by Gasteiger charge is 2.06. The zero-order valence-electron chi connectivity index (χ0n) is 17.8. The maximum atomic E-state index is 5.56. The molecule has 4 aromatic carbocycles. The Labute approximate surface area is 200 Å². The minimum absolute atomic E-state index is 0.417. The number of H-pyrrole nitrogens is 1. The molecule has 6 heteroatoms. The molecule has 2 aromatic heterocycles. The van der Waals surface area contributed by atoms with Crippen LogP contribution >= 0.6 is 24.0 Å². The van der Waals surface area contributed by atoms with Crippen molar-refractivity contribution in [2.75, 3.05) is 6.26 Å². The molecule has 0 saturated carbocycles. The van der Waals surface area contributed by atoms with E-state index < -0.39 is 0 Å². The van der Waals surface area contributed by atoms with Gasteiger partial charge in [-0.3, -0.25) is 0 Å². The molecule has 0 fully saturated rings. The van der Waals surface area contributed by atoms with Gasteiger partial charge < -0.3 is 13.8 Å². The zero-order chi connectivity index (χ0) is 22.6. The fourth-order valence-corrected chi connectivity index (χ4v) is 4.13. The maximum Gasteiger partial charge on any atom is 0.266 e. The Hall–Kier alpha value is -3.61. The Bertz CT molecular complexity index is 1570. The first kappa shape index (κ1) is 21.2. The van der Waals surface area contributed by atoms with Crippen LogP contribution in [0.3, 0.4) is 0 Å². The summed E-state index contributed by atoms with van der Waals surface area (Å²) in [6.07, 6.45) is 1.96. The van der Waals surface area contributed by atoms with E-state index in [2.05, 4.69) is 46.4 Å². The summed E-state index contributed by atoms with van der Waals surface area (Å²) in [5.74, 6) is 0. The molecule has 33 heavy (non-hydrogen) atoms. The largest absolute Gasteiger partial charge is 0.431 e. The van der Waals surface area contributed by atoms with Crippen molar-refractivity contribution in [2.24, 2.45) is 0 Å². The first-order valence-electron chi connectivity index (χ1n) is 10.4. The highest BCUT2D eigenvalue weighted by Crippen LogP contribution is 2.27. The number of aromatic amines is 1. The quantitative estimate of drug-likeness (QED) is 0.209. The van der Waals surface area contributed by atoms with Crippen LogP contribution in [0.15, 0.2) is 111 Å². The molecule has 0 spiro atoms. The summed E-state index contributed by atoms with van der Waals surface area (Å²) in [5.41, 5.74) is 8.19. The van der Waals surface area contributed by atoms with E-state index in [1.807, 2.05) is 66.9 Å². The van der Waals surface area contributed by atoms with Crippen molar-refractivity contribution in [1.29, 1.82) is 0 Å². The van der Waals surface area contributed by atoms with Crippen molar-refractivity contribution in [3.05, 3.63) is 102 Å². The second-order valence-electron chi connectivity index (χ2n) is 7.32. The number of nitrogens with one attached hydrogen (secondary N) is 1. The smallest absolute Gasteiger partial charge is 0.266 e. The molecule has 0 aliphatic carbocycles. The van der Waals surface area contributed by atoms with Crippen molar-refractivity contribution in [3.63, 3.8) is 0 Å². The lowest BCUT2D eigenvalue weighted by atomic mass is 10.1. The normalized spacial score (nSPS) is 10.8. The Morgan fingerprint density at radius 3 is 1.94 bits per heavy atom. The number of oxazole rings is 2. The predicted octanol–water partition coefficient (Wildman–Crippen LogP) is 8.37. The summed E-state index contributed by atoms with van der Waals surface area (Å²) >= 11 is 6.47. The van der Waals surface area contributed by atoms with Crippen LogP contribution in [0.5, 0.6) is 0 Å². The molecule has 0 amide bonds.